The number of nitrogens with one attached hydrogen (secondary N) is 1. The van der Waals surface area contributed by atoms with Gasteiger partial charge in [0.1, 0.15) is 5.82 Å². The maximum Gasteiger partial charge on any atom is 0.254 e. The number of carbonyl (C=O) groups excluding carboxylic acids is 1. The van der Waals surface area contributed by atoms with Crippen LogP contribution in [-0.2, 0) is 11.2 Å². The molecule has 6 heteroatoms. The predicted octanol–water partition coefficient (Wildman–Crippen LogP) is 0.909. The van der Waals surface area contributed by atoms with Crippen molar-refractivity contribution >= 4 is 11.7 Å². The van der Waals surface area contributed by atoms with Gasteiger partial charge in [-0.2, -0.15) is 0 Å². The molecule has 1 fully saturated rings. The van der Waals surface area contributed by atoms with E-state index in [9.17, 15) is 9.90 Å². The van der Waals surface area contributed by atoms with Gasteiger partial charge >= 0.3 is 0 Å². The van der Waals surface area contributed by atoms with Gasteiger partial charge in [0, 0.05) is 24.3 Å². The molecule has 0 radical (unpaired) electrons. The number of ether oxygens (including phenoxy) is 1. The highest BCUT2D eigenvalue weighted by Gasteiger charge is 2.28. The summed E-state index contributed by atoms with van der Waals surface area (Å²) in [6.07, 6.45) is 0.770. The van der Waals surface area contributed by atoms with Crippen molar-refractivity contribution in [1.82, 2.24) is 9.88 Å². The van der Waals surface area contributed by atoms with Gasteiger partial charge in [0.25, 0.3) is 5.91 Å². The zero-order valence-corrected chi connectivity index (χ0v) is 12.6. The zero-order valence-electron chi connectivity index (χ0n) is 12.6. The third kappa shape index (κ3) is 3.71. The average Bonchev–Trinajstić information content (AvgIpc) is 2.54. The molecule has 0 aromatic carbocycles. The van der Waals surface area contributed by atoms with Gasteiger partial charge in [-0.25, -0.2) is 4.98 Å². The standard InChI is InChI=1S/C15H23N3O3/c1-3-12-7-11(8-14(17-12)16-4-2)15(20)18-5-6-21-10-13(18)9-19/h7-8,13,19H,3-6,9-10H2,1-2H3,(H,16,17). The molecular weight excluding hydrogens is 270 g/mol. The normalized spacial score (nSPS) is 18.6. The molecule has 0 spiro atoms. The lowest BCUT2D eigenvalue weighted by Crippen LogP contribution is -2.50. The van der Waals surface area contributed by atoms with Gasteiger partial charge in [-0.1, -0.05) is 6.92 Å². The number of morpholine rings is 1. The minimum Gasteiger partial charge on any atom is -0.394 e. The SMILES string of the molecule is CCNc1cc(C(=O)N2CCOCC2CO)cc(CC)n1. The summed E-state index contributed by atoms with van der Waals surface area (Å²) in [7, 11) is 0. The molecule has 2 rings (SSSR count). The lowest BCUT2D eigenvalue weighted by atomic mass is 10.1. The van der Waals surface area contributed by atoms with Crippen LogP contribution in [-0.4, -0.2) is 59.8 Å². The van der Waals surface area contributed by atoms with Gasteiger partial charge < -0.3 is 20.1 Å². The number of anilines is 1. The second kappa shape index (κ2) is 7.38. The third-order valence-electron chi connectivity index (χ3n) is 3.54. The van der Waals surface area contributed by atoms with Crippen molar-refractivity contribution in [2.75, 3.05) is 38.2 Å². The molecule has 0 saturated carbocycles. The molecule has 0 aliphatic carbocycles. The van der Waals surface area contributed by atoms with Crippen molar-refractivity contribution in [3.63, 3.8) is 0 Å². The molecule has 1 unspecified atom stereocenters. The number of aromatic nitrogens is 1. The van der Waals surface area contributed by atoms with Crippen LogP contribution in [0.4, 0.5) is 5.82 Å². The summed E-state index contributed by atoms with van der Waals surface area (Å²) < 4.78 is 5.32. The first-order valence-corrected chi connectivity index (χ1v) is 7.44. The maximum absolute atomic E-state index is 12.7. The minimum absolute atomic E-state index is 0.0754. The number of aliphatic hydroxyl groups is 1. The summed E-state index contributed by atoms with van der Waals surface area (Å²) >= 11 is 0. The Morgan fingerprint density at radius 3 is 3.00 bits per heavy atom. The van der Waals surface area contributed by atoms with E-state index in [2.05, 4.69) is 10.3 Å². The van der Waals surface area contributed by atoms with Gasteiger partial charge in [0.2, 0.25) is 0 Å². The van der Waals surface area contributed by atoms with Crippen LogP contribution in [0.5, 0.6) is 0 Å². The number of hydrogen-bond donors (Lipinski definition) is 2. The lowest BCUT2D eigenvalue weighted by molar-refractivity contribution is -0.0184. The van der Waals surface area contributed by atoms with Gasteiger partial charge in [-0.15, -0.1) is 0 Å². The molecule has 2 heterocycles. The molecule has 0 bridgehead atoms. The second-order valence-electron chi connectivity index (χ2n) is 5.03. The molecule has 2 N–H and O–H groups in total. The van der Waals surface area contributed by atoms with Gasteiger partial charge in [0.15, 0.2) is 0 Å². The van der Waals surface area contributed by atoms with Crippen LogP contribution >= 0.6 is 0 Å². The minimum atomic E-state index is -0.271. The average molecular weight is 293 g/mol. The van der Waals surface area contributed by atoms with Crippen molar-refractivity contribution in [1.29, 1.82) is 0 Å². The Bertz CT molecular complexity index is 493. The van der Waals surface area contributed by atoms with E-state index in [0.29, 0.717) is 31.1 Å². The smallest absolute Gasteiger partial charge is 0.254 e. The fraction of sp³-hybridized carbons (Fsp3) is 0.600. The van der Waals surface area contributed by atoms with E-state index >= 15 is 0 Å². The molecule has 6 nitrogen and oxygen atoms in total. The highest BCUT2D eigenvalue weighted by atomic mass is 16.5. The molecule has 1 atom stereocenters. The van der Waals surface area contributed by atoms with Crippen molar-refractivity contribution in [3.8, 4) is 0 Å². The molecule has 1 aliphatic heterocycles. The molecule has 1 aromatic rings. The molecule has 21 heavy (non-hydrogen) atoms. The van der Waals surface area contributed by atoms with Crippen molar-refractivity contribution < 1.29 is 14.6 Å². The van der Waals surface area contributed by atoms with E-state index in [1.807, 2.05) is 19.9 Å². The molecule has 1 saturated heterocycles. The van der Waals surface area contributed by atoms with Crippen LogP contribution in [0.15, 0.2) is 12.1 Å². The monoisotopic (exact) mass is 293 g/mol. The van der Waals surface area contributed by atoms with E-state index in [1.165, 1.54) is 0 Å². The first kappa shape index (κ1) is 15.7. The van der Waals surface area contributed by atoms with Crippen LogP contribution in [0.2, 0.25) is 0 Å². The first-order valence-electron chi connectivity index (χ1n) is 7.44. The van der Waals surface area contributed by atoms with Crippen LogP contribution < -0.4 is 5.32 Å². The highest BCUT2D eigenvalue weighted by molar-refractivity contribution is 5.95. The van der Waals surface area contributed by atoms with E-state index in [-0.39, 0.29) is 18.6 Å². The van der Waals surface area contributed by atoms with Gasteiger partial charge in [-0.3, -0.25) is 4.79 Å². The number of nitrogens with zero attached hydrogens (tertiary/aromatic N) is 2. The number of pyridine rings is 1. The Labute approximate surface area is 125 Å². The Balaban J connectivity index is 2.26. The zero-order chi connectivity index (χ0) is 15.2. The largest absolute Gasteiger partial charge is 0.394 e. The van der Waals surface area contributed by atoms with E-state index < -0.39 is 0 Å². The molecular formula is C15H23N3O3. The number of aliphatic hydroxyl groups excluding tert-OH is 1. The van der Waals surface area contributed by atoms with E-state index in [0.717, 1.165) is 18.7 Å². The maximum atomic E-state index is 12.7. The van der Waals surface area contributed by atoms with Crippen molar-refractivity contribution in [2.45, 2.75) is 26.3 Å². The van der Waals surface area contributed by atoms with Crippen LogP contribution in [0, 0.1) is 0 Å². The third-order valence-corrected chi connectivity index (χ3v) is 3.54. The number of carbonyl (C=O) groups is 1. The topological polar surface area (TPSA) is 74.7 Å². The fourth-order valence-electron chi connectivity index (χ4n) is 2.40. The number of amides is 1. The van der Waals surface area contributed by atoms with E-state index in [1.54, 1.807) is 11.0 Å². The molecule has 116 valence electrons. The molecule has 1 amide bonds. The van der Waals surface area contributed by atoms with Crippen LogP contribution in [0.25, 0.3) is 0 Å². The molecule has 1 aromatic heterocycles. The van der Waals surface area contributed by atoms with E-state index in [4.69, 9.17) is 4.74 Å². The highest BCUT2D eigenvalue weighted by Crippen LogP contribution is 2.16. The summed E-state index contributed by atoms with van der Waals surface area (Å²) in [5.41, 5.74) is 1.49. The molecule has 1 aliphatic rings. The fourth-order valence-corrected chi connectivity index (χ4v) is 2.40. The Morgan fingerprint density at radius 1 is 1.52 bits per heavy atom. The number of hydrogen-bond acceptors (Lipinski definition) is 5. The summed E-state index contributed by atoms with van der Waals surface area (Å²) in [6, 6.07) is 3.33. The summed E-state index contributed by atoms with van der Waals surface area (Å²) in [5.74, 6) is 0.641. The predicted molar refractivity (Wildman–Crippen MR) is 80.5 cm³/mol. The van der Waals surface area contributed by atoms with Crippen molar-refractivity contribution in [3.05, 3.63) is 23.4 Å². The second-order valence-corrected chi connectivity index (χ2v) is 5.03. The lowest BCUT2D eigenvalue weighted by Gasteiger charge is -2.34. The summed E-state index contributed by atoms with van der Waals surface area (Å²) in [5, 5.41) is 12.5. The summed E-state index contributed by atoms with van der Waals surface area (Å²) in [6.45, 7) is 6.07. The Kier molecular flexibility index (Phi) is 5.52. The van der Waals surface area contributed by atoms with Gasteiger partial charge in [0.05, 0.1) is 25.9 Å². The van der Waals surface area contributed by atoms with Crippen LogP contribution in [0.3, 0.4) is 0 Å². The van der Waals surface area contributed by atoms with Gasteiger partial charge in [-0.05, 0) is 25.5 Å². The Hall–Kier alpha value is -1.66. The van der Waals surface area contributed by atoms with Crippen molar-refractivity contribution in [2.24, 2.45) is 0 Å². The van der Waals surface area contributed by atoms with Crippen LogP contribution in [0.1, 0.15) is 29.9 Å². The number of rotatable bonds is 5. The first-order chi connectivity index (χ1) is 10.2. The summed E-state index contributed by atoms with van der Waals surface area (Å²) in [4.78, 5) is 18.8. The number of aryl methyl sites for hydroxylation is 1. The Morgan fingerprint density at radius 2 is 2.33 bits per heavy atom. The quantitative estimate of drug-likeness (QED) is 0.844.